The van der Waals surface area contributed by atoms with Crippen LogP contribution in [0.5, 0.6) is 11.5 Å². The Morgan fingerprint density at radius 1 is 0.893 bits per heavy atom. The van der Waals surface area contributed by atoms with Crippen LogP contribution in [0, 0.1) is 6.92 Å². The average molecular weight is 382 g/mol. The lowest BCUT2D eigenvalue weighted by atomic mass is 10.1. The highest BCUT2D eigenvalue weighted by Crippen LogP contribution is 2.14. The number of benzene rings is 2. The normalized spacial score (nSPS) is 14.6. The van der Waals surface area contributed by atoms with Crippen LogP contribution in [-0.2, 0) is 4.79 Å². The van der Waals surface area contributed by atoms with E-state index in [0.29, 0.717) is 44.0 Å². The first kappa shape index (κ1) is 19.9. The second-order valence-electron chi connectivity index (χ2n) is 6.91. The predicted molar refractivity (Wildman–Crippen MR) is 107 cm³/mol. The van der Waals surface area contributed by atoms with E-state index in [1.807, 2.05) is 31.2 Å². The van der Waals surface area contributed by atoms with Crippen molar-refractivity contribution in [3.05, 3.63) is 59.7 Å². The molecule has 2 aromatic carbocycles. The Balaban J connectivity index is 1.42. The van der Waals surface area contributed by atoms with E-state index < -0.39 is 0 Å². The Morgan fingerprint density at radius 3 is 2.11 bits per heavy atom. The molecule has 3 rings (SSSR count). The number of carbonyl (C=O) groups is 2. The fourth-order valence-electron chi connectivity index (χ4n) is 3.10. The number of methoxy groups -OCH3 is 1. The third-order valence-electron chi connectivity index (χ3n) is 4.89. The zero-order valence-corrected chi connectivity index (χ0v) is 16.4. The second-order valence-corrected chi connectivity index (χ2v) is 6.91. The Hall–Kier alpha value is -2.86. The van der Waals surface area contributed by atoms with E-state index >= 15 is 0 Å². The van der Waals surface area contributed by atoms with E-state index in [0.717, 1.165) is 11.3 Å². The number of ether oxygens (including phenoxy) is 2. The summed E-state index contributed by atoms with van der Waals surface area (Å²) >= 11 is 0. The molecule has 1 heterocycles. The van der Waals surface area contributed by atoms with E-state index in [2.05, 4.69) is 4.90 Å². The van der Waals surface area contributed by atoms with Crippen LogP contribution in [0.2, 0.25) is 0 Å². The molecule has 0 bridgehead atoms. The van der Waals surface area contributed by atoms with Gasteiger partial charge in [-0.3, -0.25) is 14.5 Å². The summed E-state index contributed by atoms with van der Waals surface area (Å²) in [4.78, 5) is 28.7. The van der Waals surface area contributed by atoms with Crippen LogP contribution in [0.4, 0.5) is 0 Å². The van der Waals surface area contributed by atoms with Crippen molar-refractivity contribution in [3.63, 3.8) is 0 Å². The van der Waals surface area contributed by atoms with Crippen LogP contribution < -0.4 is 9.47 Å². The highest BCUT2D eigenvalue weighted by atomic mass is 16.5. The Labute approximate surface area is 165 Å². The van der Waals surface area contributed by atoms with Gasteiger partial charge in [0.25, 0.3) is 5.91 Å². The summed E-state index contributed by atoms with van der Waals surface area (Å²) < 4.78 is 10.7. The number of hydrogen-bond donors (Lipinski definition) is 0. The van der Waals surface area contributed by atoms with Crippen LogP contribution in [0.3, 0.4) is 0 Å². The number of amides is 1. The number of rotatable bonds is 7. The molecule has 1 aliphatic heterocycles. The molecule has 0 radical (unpaired) electrons. The number of piperazine rings is 1. The van der Waals surface area contributed by atoms with Crippen molar-refractivity contribution in [2.24, 2.45) is 0 Å². The first-order valence-electron chi connectivity index (χ1n) is 9.42. The molecule has 6 nitrogen and oxygen atoms in total. The summed E-state index contributed by atoms with van der Waals surface area (Å²) in [6, 6.07) is 14.8. The molecule has 1 fully saturated rings. The molecule has 1 aliphatic rings. The van der Waals surface area contributed by atoms with Gasteiger partial charge in [-0.05, 0) is 43.3 Å². The quantitative estimate of drug-likeness (QED) is 0.689. The number of hydrogen-bond acceptors (Lipinski definition) is 5. The topological polar surface area (TPSA) is 59.1 Å². The molecule has 1 amide bonds. The van der Waals surface area contributed by atoms with E-state index in [1.54, 1.807) is 36.3 Å². The van der Waals surface area contributed by atoms with Gasteiger partial charge in [0, 0.05) is 31.7 Å². The van der Waals surface area contributed by atoms with Crippen LogP contribution in [0.15, 0.2) is 48.5 Å². The Kier molecular flexibility index (Phi) is 6.66. The van der Waals surface area contributed by atoms with Crippen molar-refractivity contribution in [2.75, 3.05) is 46.4 Å². The molecule has 148 valence electrons. The van der Waals surface area contributed by atoms with Gasteiger partial charge in [0.05, 0.1) is 13.7 Å². The van der Waals surface area contributed by atoms with Crippen LogP contribution in [0.1, 0.15) is 15.9 Å². The van der Waals surface area contributed by atoms with Crippen molar-refractivity contribution in [1.29, 1.82) is 0 Å². The van der Waals surface area contributed by atoms with Crippen LogP contribution in [-0.4, -0.2) is 67.9 Å². The van der Waals surface area contributed by atoms with E-state index in [9.17, 15) is 9.59 Å². The first-order valence-corrected chi connectivity index (χ1v) is 9.42. The molecular weight excluding hydrogens is 356 g/mol. The molecule has 1 saturated heterocycles. The second kappa shape index (κ2) is 9.37. The summed E-state index contributed by atoms with van der Waals surface area (Å²) in [5.41, 5.74) is 1.82. The number of ketones is 1. The Morgan fingerprint density at radius 2 is 1.50 bits per heavy atom. The summed E-state index contributed by atoms with van der Waals surface area (Å²) in [5.74, 6) is 1.48. The zero-order valence-electron chi connectivity index (χ0n) is 16.4. The SMILES string of the molecule is COc1ccc(C(=O)CN2CCN(C(=O)COc3ccc(C)cc3)CC2)cc1. The van der Waals surface area contributed by atoms with Gasteiger partial charge in [-0.1, -0.05) is 17.7 Å². The van der Waals surface area contributed by atoms with Gasteiger partial charge in [0.15, 0.2) is 12.4 Å². The monoisotopic (exact) mass is 382 g/mol. The van der Waals surface area contributed by atoms with Crippen molar-refractivity contribution >= 4 is 11.7 Å². The fraction of sp³-hybridized carbons (Fsp3) is 0.364. The summed E-state index contributed by atoms with van der Waals surface area (Å²) in [6.07, 6.45) is 0. The molecule has 2 aromatic rings. The summed E-state index contributed by atoms with van der Waals surface area (Å²) in [5, 5.41) is 0. The number of nitrogens with zero attached hydrogens (tertiary/aromatic N) is 2. The maximum Gasteiger partial charge on any atom is 0.260 e. The first-order chi connectivity index (χ1) is 13.5. The van der Waals surface area contributed by atoms with Crippen LogP contribution >= 0.6 is 0 Å². The number of carbonyl (C=O) groups excluding carboxylic acids is 2. The molecule has 0 aliphatic carbocycles. The minimum atomic E-state index is -0.0262. The standard InChI is InChI=1S/C22H26N2O4/c1-17-3-7-20(8-4-17)28-16-22(26)24-13-11-23(12-14-24)15-21(25)18-5-9-19(27-2)10-6-18/h3-10H,11-16H2,1-2H3. The minimum Gasteiger partial charge on any atom is -0.497 e. The van der Waals surface area contributed by atoms with E-state index in [1.165, 1.54) is 0 Å². The average Bonchev–Trinajstić information content (AvgIpc) is 2.73. The van der Waals surface area contributed by atoms with Crippen molar-refractivity contribution in [1.82, 2.24) is 9.80 Å². The maximum absolute atomic E-state index is 12.4. The van der Waals surface area contributed by atoms with Crippen LogP contribution in [0.25, 0.3) is 0 Å². The summed E-state index contributed by atoms with van der Waals surface area (Å²) in [6.45, 7) is 4.96. The molecule has 0 saturated carbocycles. The highest BCUT2D eigenvalue weighted by Gasteiger charge is 2.23. The lowest BCUT2D eigenvalue weighted by Crippen LogP contribution is -2.51. The van der Waals surface area contributed by atoms with Gasteiger partial charge in [0.1, 0.15) is 11.5 Å². The van der Waals surface area contributed by atoms with Gasteiger partial charge >= 0.3 is 0 Å². The molecule has 6 heteroatoms. The molecule has 0 atom stereocenters. The lowest BCUT2D eigenvalue weighted by molar-refractivity contribution is -0.135. The predicted octanol–water partition coefficient (Wildman–Crippen LogP) is 2.41. The van der Waals surface area contributed by atoms with Gasteiger partial charge in [-0.2, -0.15) is 0 Å². The molecule has 0 N–H and O–H groups in total. The van der Waals surface area contributed by atoms with Gasteiger partial charge in [-0.25, -0.2) is 0 Å². The summed E-state index contributed by atoms with van der Waals surface area (Å²) in [7, 11) is 1.60. The van der Waals surface area contributed by atoms with Crippen molar-refractivity contribution in [2.45, 2.75) is 6.92 Å². The third-order valence-corrected chi connectivity index (χ3v) is 4.89. The molecular formula is C22H26N2O4. The van der Waals surface area contributed by atoms with Gasteiger partial charge < -0.3 is 14.4 Å². The smallest absolute Gasteiger partial charge is 0.260 e. The number of aryl methyl sites for hydroxylation is 1. The number of Topliss-reactive ketones (excluding diaryl/α,β-unsaturated/α-hetero) is 1. The molecule has 0 spiro atoms. The fourth-order valence-corrected chi connectivity index (χ4v) is 3.10. The highest BCUT2D eigenvalue weighted by molar-refractivity contribution is 5.97. The molecule has 0 aromatic heterocycles. The van der Waals surface area contributed by atoms with Crippen molar-refractivity contribution < 1.29 is 19.1 Å². The Bertz CT molecular complexity index is 794. The minimum absolute atomic E-state index is 0.0262. The van der Waals surface area contributed by atoms with Gasteiger partial charge in [-0.15, -0.1) is 0 Å². The third kappa shape index (κ3) is 5.33. The molecule has 28 heavy (non-hydrogen) atoms. The van der Waals surface area contributed by atoms with E-state index in [4.69, 9.17) is 9.47 Å². The maximum atomic E-state index is 12.4. The van der Waals surface area contributed by atoms with E-state index in [-0.39, 0.29) is 18.3 Å². The lowest BCUT2D eigenvalue weighted by Gasteiger charge is -2.34. The largest absolute Gasteiger partial charge is 0.497 e. The van der Waals surface area contributed by atoms with Crippen molar-refractivity contribution in [3.8, 4) is 11.5 Å². The molecule has 0 unspecified atom stereocenters. The van der Waals surface area contributed by atoms with Gasteiger partial charge in [0.2, 0.25) is 0 Å². The zero-order chi connectivity index (χ0) is 19.9.